The van der Waals surface area contributed by atoms with Crippen LogP contribution in [0.4, 0.5) is 22.0 Å². The summed E-state index contributed by atoms with van der Waals surface area (Å²) in [6, 6.07) is 0. The minimum atomic E-state index is -5.23. The first kappa shape index (κ1) is 7.39. The van der Waals surface area contributed by atoms with E-state index < -0.39 is 12.0 Å². The van der Waals surface area contributed by atoms with Crippen molar-refractivity contribution in [2.75, 3.05) is 0 Å². The lowest BCUT2D eigenvalue weighted by molar-refractivity contribution is -0.110. The normalized spacial score (nSPS) is 14.4. The third-order valence-corrected chi connectivity index (χ3v) is 0.332. The number of rotatable bonds is 0. The summed E-state index contributed by atoms with van der Waals surface area (Å²) >= 11 is 0. The van der Waals surface area contributed by atoms with Crippen molar-refractivity contribution in [3.05, 3.63) is 12.2 Å². The zero-order chi connectivity index (χ0) is 6.78. The maximum Gasteiger partial charge on any atom is 0.446 e. The molecule has 0 aromatic carbocycles. The molecule has 0 aromatic rings. The first-order valence-electron chi connectivity index (χ1n) is 1.44. The molecule has 0 rings (SSSR count). The smallest absolute Gasteiger partial charge is 0.200 e. The van der Waals surface area contributed by atoms with Crippen LogP contribution in [-0.2, 0) is 0 Å². The summed E-state index contributed by atoms with van der Waals surface area (Å²) < 4.78 is 53.6. The Kier molecular flexibility index (Phi) is 1.94. The van der Waals surface area contributed by atoms with Gasteiger partial charge < -0.3 is 0 Å². The SMILES string of the molecule is F/[C]=C(\F)C(F)(F)F. The van der Waals surface area contributed by atoms with Crippen molar-refractivity contribution in [1.82, 2.24) is 0 Å². The molecule has 0 N–H and O–H groups in total. The molecule has 0 saturated heterocycles. The van der Waals surface area contributed by atoms with E-state index in [9.17, 15) is 22.0 Å². The first-order chi connectivity index (χ1) is 3.48. The topological polar surface area (TPSA) is 0 Å². The molecule has 5 heteroatoms. The summed E-state index contributed by atoms with van der Waals surface area (Å²) in [5.41, 5.74) is 0. The van der Waals surface area contributed by atoms with Crippen LogP contribution in [-0.4, -0.2) is 6.18 Å². The summed E-state index contributed by atoms with van der Waals surface area (Å²) in [5, 5.41) is 0. The minimum Gasteiger partial charge on any atom is -0.200 e. The molecule has 8 heavy (non-hydrogen) atoms. The number of hydrogen-bond donors (Lipinski definition) is 0. The highest BCUT2D eigenvalue weighted by Gasteiger charge is 2.35. The zero-order valence-electron chi connectivity index (χ0n) is 3.39. The van der Waals surface area contributed by atoms with Crippen molar-refractivity contribution in [2.45, 2.75) is 6.18 Å². The first-order valence-corrected chi connectivity index (χ1v) is 1.44. The van der Waals surface area contributed by atoms with Gasteiger partial charge >= 0.3 is 6.18 Å². The van der Waals surface area contributed by atoms with Gasteiger partial charge in [0.1, 0.15) is 0 Å². The van der Waals surface area contributed by atoms with Gasteiger partial charge in [0.05, 0.1) is 0 Å². The van der Waals surface area contributed by atoms with E-state index in [0.717, 1.165) is 0 Å². The summed E-state index contributed by atoms with van der Waals surface area (Å²) in [4.78, 5) is 0. The third kappa shape index (κ3) is 1.90. The van der Waals surface area contributed by atoms with Gasteiger partial charge in [-0.3, -0.25) is 0 Å². The standard InChI is InChI=1S/C3F5/c4-1-2(5)3(6,7)8. The second kappa shape index (κ2) is 2.11. The number of halogens is 5. The van der Waals surface area contributed by atoms with Gasteiger partial charge in [-0.25, -0.2) is 4.39 Å². The molecular weight excluding hydrogens is 131 g/mol. The Morgan fingerprint density at radius 2 is 1.62 bits per heavy atom. The Bertz CT molecular complexity index is 98.7. The number of allylic oxidation sites excluding steroid dienone is 1. The Morgan fingerprint density at radius 1 is 1.25 bits per heavy atom. The van der Waals surface area contributed by atoms with Crippen LogP contribution in [0.2, 0.25) is 0 Å². The highest BCUT2D eigenvalue weighted by Crippen LogP contribution is 2.25. The van der Waals surface area contributed by atoms with Crippen LogP contribution in [0.5, 0.6) is 0 Å². The summed E-state index contributed by atoms with van der Waals surface area (Å²) in [6.45, 7) is 0. The van der Waals surface area contributed by atoms with Crippen molar-refractivity contribution in [1.29, 1.82) is 0 Å². The van der Waals surface area contributed by atoms with E-state index in [-0.39, 0.29) is 6.33 Å². The van der Waals surface area contributed by atoms with Crippen LogP contribution < -0.4 is 0 Å². The fourth-order valence-corrected chi connectivity index (χ4v) is 0.0536. The van der Waals surface area contributed by atoms with Gasteiger partial charge in [-0.2, -0.15) is 17.6 Å². The quantitative estimate of drug-likeness (QED) is 0.441. The fraction of sp³-hybridized carbons (Fsp3) is 0.333. The predicted molar refractivity (Wildman–Crippen MR) is 15.0 cm³/mol. The molecule has 0 aliphatic rings. The van der Waals surface area contributed by atoms with Crippen molar-refractivity contribution in [3.63, 3.8) is 0 Å². The average Bonchev–Trinajstić information content (AvgIpc) is 1.62. The molecule has 47 valence electrons. The molecule has 0 amide bonds. The molecule has 0 nitrogen and oxygen atoms in total. The van der Waals surface area contributed by atoms with E-state index in [1.807, 2.05) is 0 Å². The molecule has 0 aromatic heterocycles. The van der Waals surface area contributed by atoms with Gasteiger partial charge in [0.25, 0.3) is 0 Å². The van der Waals surface area contributed by atoms with Crippen LogP contribution in [0, 0.1) is 6.33 Å². The van der Waals surface area contributed by atoms with Crippen LogP contribution >= 0.6 is 0 Å². The van der Waals surface area contributed by atoms with Gasteiger partial charge in [-0.05, 0) is 0 Å². The second-order valence-corrected chi connectivity index (χ2v) is 0.906. The Labute approximate surface area is 41.6 Å². The maximum atomic E-state index is 10.9. The van der Waals surface area contributed by atoms with E-state index in [1.54, 1.807) is 0 Å². The third-order valence-electron chi connectivity index (χ3n) is 0.332. The Balaban J connectivity index is 4.03. The van der Waals surface area contributed by atoms with Gasteiger partial charge in [0.2, 0.25) is 12.2 Å². The Morgan fingerprint density at radius 3 is 1.62 bits per heavy atom. The highest BCUT2D eigenvalue weighted by molar-refractivity contribution is 4.88. The van der Waals surface area contributed by atoms with Gasteiger partial charge in [0.15, 0.2) is 0 Å². The van der Waals surface area contributed by atoms with Crippen molar-refractivity contribution < 1.29 is 22.0 Å². The van der Waals surface area contributed by atoms with E-state index in [2.05, 4.69) is 0 Å². The molecule has 0 saturated carbocycles. The molecule has 0 unspecified atom stereocenters. The molecule has 0 spiro atoms. The van der Waals surface area contributed by atoms with E-state index in [0.29, 0.717) is 0 Å². The fourth-order valence-electron chi connectivity index (χ4n) is 0.0536. The minimum absolute atomic E-state index is 0.170. The Hall–Kier alpha value is -0.610. The van der Waals surface area contributed by atoms with Crippen LogP contribution in [0.3, 0.4) is 0 Å². The number of hydrogen-bond acceptors (Lipinski definition) is 0. The van der Waals surface area contributed by atoms with Gasteiger partial charge in [0, 0.05) is 0 Å². The largest absolute Gasteiger partial charge is 0.446 e. The van der Waals surface area contributed by atoms with E-state index in [1.165, 1.54) is 0 Å². The maximum absolute atomic E-state index is 10.9. The summed E-state index contributed by atoms with van der Waals surface area (Å²) in [6.07, 6.45) is -5.40. The number of alkyl halides is 3. The van der Waals surface area contributed by atoms with Crippen molar-refractivity contribution in [2.24, 2.45) is 0 Å². The molecule has 0 bridgehead atoms. The van der Waals surface area contributed by atoms with Crippen LogP contribution in [0.1, 0.15) is 0 Å². The predicted octanol–water partition coefficient (Wildman–Crippen LogP) is 2.13. The molecular formula is C3F5. The van der Waals surface area contributed by atoms with Gasteiger partial charge in [-0.15, -0.1) is 0 Å². The molecule has 0 atom stereocenters. The van der Waals surface area contributed by atoms with Gasteiger partial charge in [-0.1, -0.05) is 0 Å². The van der Waals surface area contributed by atoms with Crippen molar-refractivity contribution in [3.8, 4) is 0 Å². The lowest BCUT2D eigenvalue weighted by atomic mass is 10.6. The monoisotopic (exact) mass is 131 g/mol. The molecule has 0 aliphatic carbocycles. The summed E-state index contributed by atoms with van der Waals surface area (Å²) in [5.74, 6) is -2.84. The molecule has 0 fully saturated rings. The van der Waals surface area contributed by atoms with Crippen LogP contribution in [0.25, 0.3) is 0 Å². The highest BCUT2D eigenvalue weighted by atomic mass is 19.4. The van der Waals surface area contributed by atoms with Crippen LogP contribution in [0.15, 0.2) is 5.83 Å². The second-order valence-electron chi connectivity index (χ2n) is 0.906. The average molecular weight is 131 g/mol. The molecule has 0 aliphatic heterocycles. The van der Waals surface area contributed by atoms with Crippen molar-refractivity contribution >= 4 is 0 Å². The molecule has 0 heterocycles. The van der Waals surface area contributed by atoms with E-state index in [4.69, 9.17) is 0 Å². The lowest BCUT2D eigenvalue weighted by Gasteiger charge is -1.97. The lowest BCUT2D eigenvalue weighted by Crippen LogP contribution is -2.06. The zero-order valence-corrected chi connectivity index (χ0v) is 3.39. The summed E-state index contributed by atoms with van der Waals surface area (Å²) in [7, 11) is 0. The van der Waals surface area contributed by atoms with E-state index >= 15 is 0 Å². The molecule has 1 radical (unpaired) electrons.